The number of benzene rings is 2. The van der Waals surface area contributed by atoms with E-state index >= 15 is 0 Å². The molecule has 108 valence electrons. The second-order valence-electron chi connectivity index (χ2n) is 6.00. The molecule has 0 aromatic heterocycles. The molecule has 1 aliphatic heterocycles. The number of rotatable bonds is 2. The topological polar surface area (TPSA) is 29.5 Å². The minimum atomic E-state index is -0.608. The molecule has 0 saturated heterocycles. The third kappa shape index (κ3) is 2.14. The summed E-state index contributed by atoms with van der Waals surface area (Å²) < 4.78 is 5.62. The Labute approximate surface area is 129 Å². The highest BCUT2D eigenvalue weighted by Crippen LogP contribution is 2.42. The summed E-state index contributed by atoms with van der Waals surface area (Å²) in [5, 5.41) is 11.1. The Morgan fingerprint density at radius 1 is 1.10 bits per heavy atom. The Balaban J connectivity index is 1.70. The fourth-order valence-corrected chi connectivity index (χ4v) is 3.47. The summed E-state index contributed by atoms with van der Waals surface area (Å²) in [5.41, 5.74) is 3.63. The maximum atomic E-state index is 10.4. The van der Waals surface area contributed by atoms with Gasteiger partial charge in [0.05, 0.1) is 12.2 Å². The van der Waals surface area contributed by atoms with Crippen molar-refractivity contribution in [2.24, 2.45) is 0 Å². The number of halogens is 1. The normalized spacial score (nSPS) is 18.8. The lowest BCUT2D eigenvalue weighted by atomic mass is 9.75. The monoisotopic (exact) mass is 300 g/mol. The maximum Gasteiger partial charge on any atom is 0.123 e. The van der Waals surface area contributed by atoms with E-state index in [1.165, 1.54) is 5.56 Å². The molecule has 1 fully saturated rings. The van der Waals surface area contributed by atoms with E-state index in [-0.39, 0.29) is 0 Å². The molecular formula is C18H17ClO2. The average molecular weight is 301 g/mol. The molecule has 1 saturated carbocycles. The van der Waals surface area contributed by atoms with Gasteiger partial charge in [0, 0.05) is 17.0 Å². The molecule has 0 spiro atoms. The van der Waals surface area contributed by atoms with Gasteiger partial charge in [-0.2, -0.15) is 0 Å². The molecule has 0 amide bonds. The molecule has 0 bridgehead atoms. The van der Waals surface area contributed by atoms with Gasteiger partial charge in [0.25, 0.3) is 0 Å². The first kappa shape index (κ1) is 13.2. The van der Waals surface area contributed by atoms with Crippen LogP contribution in [0.15, 0.2) is 36.4 Å². The minimum absolute atomic E-state index is 0.608. The zero-order valence-corrected chi connectivity index (χ0v) is 12.5. The predicted molar refractivity (Wildman–Crippen MR) is 83.8 cm³/mol. The lowest BCUT2D eigenvalue weighted by Crippen LogP contribution is -2.33. The Kier molecular flexibility index (Phi) is 2.98. The van der Waals surface area contributed by atoms with Gasteiger partial charge in [-0.15, -0.1) is 0 Å². The summed E-state index contributed by atoms with van der Waals surface area (Å²) in [5.74, 6) is 0.941. The third-order valence-corrected chi connectivity index (χ3v) is 5.01. The lowest BCUT2D eigenvalue weighted by molar-refractivity contribution is -0.0387. The molecule has 2 aromatic rings. The molecule has 4 rings (SSSR count). The largest absolute Gasteiger partial charge is 0.493 e. The van der Waals surface area contributed by atoms with Crippen molar-refractivity contribution in [3.05, 3.63) is 52.5 Å². The standard InChI is InChI=1S/C18H17ClO2/c19-16-10-13-6-9-21-17(13)11-15(16)12-2-4-14(5-3-12)18(20)7-1-8-18/h2-5,10-11,20H,1,6-9H2. The van der Waals surface area contributed by atoms with Crippen LogP contribution >= 0.6 is 11.6 Å². The highest BCUT2D eigenvalue weighted by molar-refractivity contribution is 6.33. The summed E-state index contributed by atoms with van der Waals surface area (Å²) in [6.45, 7) is 0.737. The van der Waals surface area contributed by atoms with Gasteiger partial charge in [-0.3, -0.25) is 0 Å². The van der Waals surface area contributed by atoms with E-state index in [0.29, 0.717) is 0 Å². The van der Waals surface area contributed by atoms with E-state index in [1.807, 2.05) is 36.4 Å². The van der Waals surface area contributed by atoms with E-state index in [1.54, 1.807) is 0 Å². The molecule has 2 aliphatic rings. The maximum absolute atomic E-state index is 10.4. The number of hydrogen-bond donors (Lipinski definition) is 1. The van der Waals surface area contributed by atoms with E-state index in [4.69, 9.17) is 16.3 Å². The molecule has 2 aromatic carbocycles. The van der Waals surface area contributed by atoms with Crippen LogP contribution in [0.25, 0.3) is 11.1 Å². The van der Waals surface area contributed by atoms with Crippen molar-refractivity contribution in [2.75, 3.05) is 6.61 Å². The molecule has 0 atom stereocenters. The molecule has 0 radical (unpaired) electrons. The molecular weight excluding hydrogens is 284 g/mol. The van der Waals surface area contributed by atoms with Gasteiger partial charge in [-0.05, 0) is 48.1 Å². The second-order valence-corrected chi connectivity index (χ2v) is 6.41. The third-order valence-electron chi connectivity index (χ3n) is 4.69. The first-order valence-corrected chi connectivity index (χ1v) is 7.82. The van der Waals surface area contributed by atoms with Crippen LogP contribution in [0.4, 0.5) is 0 Å². The predicted octanol–water partition coefficient (Wildman–Crippen LogP) is 4.31. The van der Waals surface area contributed by atoms with Gasteiger partial charge in [-0.25, -0.2) is 0 Å². The first-order valence-electron chi connectivity index (χ1n) is 7.44. The number of hydrogen-bond acceptors (Lipinski definition) is 2. The van der Waals surface area contributed by atoms with Gasteiger partial charge < -0.3 is 9.84 Å². The van der Waals surface area contributed by atoms with Gasteiger partial charge >= 0.3 is 0 Å². The van der Waals surface area contributed by atoms with Crippen molar-refractivity contribution in [3.8, 4) is 16.9 Å². The van der Waals surface area contributed by atoms with Crippen LogP contribution in [0.3, 0.4) is 0 Å². The van der Waals surface area contributed by atoms with Crippen molar-refractivity contribution in [3.63, 3.8) is 0 Å². The fourth-order valence-electron chi connectivity index (χ4n) is 3.18. The summed E-state index contributed by atoms with van der Waals surface area (Å²) >= 11 is 6.41. The summed E-state index contributed by atoms with van der Waals surface area (Å²) in [7, 11) is 0. The van der Waals surface area contributed by atoms with Crippen LogP contribution in [0.1, 0.15) is 30.4 Å². The van der Waals surface area contributed by atoms with Crippen LogP contribution < -0.4 is 4.74 Å². The molecule has 1 aliphatic carbocycles. The first-order chi connectivity index (χ1) is 10.2. The van der Waals surface area contributed by atoms with Gasteiger partial charge in [0.1, 0.15) is 5.75 Å². The summed E-state index contributed by atoms with van der Waals surface area (Å²) in [6, 6.07) is 12.1. The van der Waals surface area contributed by atoms with Crippen molar-refractivity contribution in [2.45, 2.75) is 31.3 Å². The van der Waals surface area contributed by atoms with Crippen LogP contribution in [0, 0.1) is 0 Å². The Bertz CT molecular complexity index is 687. The highest BCUT2D eigenvalue weighted by Gasteiger charge is 2.35. The lowest BCUT2D eigenvalue weighted by Gasteiger charge is -2.37. The Morgan fingerprint density at radius 2 is 1.86 bits per heavy atom. The van der Waals surface area contributed by atoms with Crippen molar-refractivity contribution in [1.29, 1.82) is 0 Å². The SMILES string of the molecule is OC1(c2ccc(-c3cc4c(cc3Cl)CCO4)cc2)CCC1. The molecule has 21 heavy (non-hydrogen) atoms. The summed E-state index contributed by atoms with van der Waals surface area (Å²) in [6.07, 6.45) is 3.76. The van der Waals surface area contributed by atoms with Crippen LogP contribution in [-0.2, 0) is 12.0 Å². The molecule has 3 heteroatoms. The van der Waals surface area contributed by atoms with Crippen molar-refractivity contribution in [1.82, 2.24) is 0 Å². The number of ether oxygens (including phenoxy) is 1. The number of aliphatic hydroxyl groups is 1. The Hall–Kier alpha value is -1.51. The van der Waals surface area contributed by atoms with Crippen molar-refractivity contribution < 1.29 is 9.84 Å². The fraction of sp³-hybridized carbons (Fsp3) is 0.333. The van der Waals surface area contributed by atoms with E-state index in [0.717, 1.165) is 59.8 Å². The van der Waals surface area contributed by atoms with Gasteiger partial charge in [0.2, 0.25) is 0 Å². The average Bonchev–Trinajstić information content (AvgIpc) is 2.91. The van der Waals surface area contributed by atoms with Gasteiger partial charge in [-0.1, -0.05) is 35.9 Å². The van der Waals surface area contributed by atoms with E-state index in [2.05, 4.69) is 0 Å². The van der Waals surface area contributed by atoms with Crippen LogP contribution in [-0.4, -0.2) is 11.7 Å². The van der Waals surface area contributed by atoms with E-state index in [9.17, 15) is 5.11 Å². The van der Waals surface area contributed by atoms with Crippen LogP contribution in [0.5, 0.6) is 5.75 Å². The number of fused-ring (bicyclic) bond motifs is 1. The smallest absolute Gasteiger partial charge is 0.123 e. The summed E-state index contributed by atoms with van der Waals surface area (Å²) in [4.78, 5) is 0. The van der Waals surface area contributed by atoms with Gasteiger partial charge in [0.15, 0.2) is 0 Å². The highest BCUT2D eigenvalue weighted by atomic mass is 35.5. The second kappa shape index (κ2) is 4.75. The van der Waals surface area contributed by atoms with Crippen LogP contribution in [0.2, 0.25) is 5.02 Å². The zero-order valence-electron chi connectivity index (χ0n) is 11.7. The van der Waals surface area contributed by atoms with Crippen molar-refractivity contribution >= 4 is 11.6 Å². The quantitative estimate of drug-likeness (QED) is 0.895. The molecule has 2 nitrogen and oxygen atoms in total. The minimum Gasteiger partial charge on any atom is -0.493 e. The van der Waals surface area contributed by atoms with E-state index < -0.39 is 5.60 Å². The Morgan fingerprint density at radius 3 is 2.52 bits per heavy atom. The molecule has 1 heterocycles. The zero-order chi connectivity index (χ0) is 14.4. The molecule has 0 unspecified atom stereocenters. The molecule has 1 N–H and O–H groups in total.